The van der Waals surface area contributed by atoms with Gasteiger partial charge < -0.3 is 5.73 Å². The van der Waals surface area contributed by atoms with Gasteiger partial charge in [0.15, 0.2) is 0 Å². The second-order valence-electron chi connectivity index (χ2n) is 2.81. The third kappa shape index (κ3) is 1.10. The highest BCUT2D eigenvalue weighted by Gasteiger charge is 2.19. The molecule has 0 bridgehead atoms. The van der Waals surface area contributed by atoms with E-state index in [0.717, 1.165) is 4.34 Å². The summed E-state index contributed by atoms with van der Waals surface area (Å²) < 4.78 is 0.914. The minimum Gasteiger partial charge on any atom is -0.326 e. The van der Waals surface area contributed by atoms with Gasteiger partial charge in [0.2, 0.25) is 0 Å². The summed E-state index contributed by atoms with van der Waals surface area (Å²) in [5, 5.41) is 0. The Balaban J connectivity index is 2.52. The van der Waals surface area contributed by atoms with Crippen molar-refractivity contribution >= 4 is 22.9 Å². The fourth-order valence-corrected chi connectivity index (χ4v) is 3.25. The van der Waals surface area contributed by atoms with E-state index in [1.165, 1.54) is 35.3 Å². The number of hydrogen-bond donors (Lipinski definition) is 1. The Kier molecular flexibility index (Phi) is 1.91. The van der Waals surface area contributed by atoms with Crippen molar-refractivity contribution in [1.82, 2.24) is 0 Å². The number of fused-ring (bicyclic) bond motifs is 1. The predicted molar refractivity (Wildman–Crippen MR) is 49.2 cm³/mol. The number of thiophene rings is 1. The van der Waals surface area contributed by atoms with Crippen LogP contribution in [0.5, 0.6) is 0 Å². The summed E-state index contributed by atoms with van der Waals surface area (Å²) in [6.07, 6.45) is 3.68. The third-order valence-corrected chi connectivity index (χ3v) is 3.77. The Morgan fingerprint density at radius 1 is 1.45 bits per heavy atom. The van der Waals surface area contributed by atoms with Crippen molar-refractivity contribution < 1.29 is 0 Å². The lowest BCUT2D eigenvalue weighted by Gasteiger charge is -1.95. The van der Waals surface area contributed by atoms with Gasteiger partial charge >= 0.3 is 0 Å². The summed E-state index contributed by atoms with van der Waals surface area (Å²) in [4.78, 5) is 1.47. The van der Waals surface area contributed by atoms with E-state index in [0.29, 0.717) is 6.54 Å². The molecule has 2 rings (SSSR count). The summed E-state index contributed by atoms with van der Waals surface area (Å²) in [6, 6.07) is 0. The molecule has 1 aliphatic carbocycles. The number of nitrogens with two attached hydrogens (primary N) is 1. The predicted octanol–water partition coefficient (Wildman–Crippen LogP) is 2.35. The van der Waals surface area contributed by atoms with Crippen LogP contribution in [0.1, 0.15) is 22.4 Å². The topological polar surface area (TPSA) is 26.0 Å². The molecular formula is C8H10ClNS. The number of halogens is 1. The first-order valence-electron chi connectivity index (χ1n) is 3.82. The summed E-state index contributed by atoms with van der Waals surface area (Å²) in [7, 11) is 0. The fraction of sp³-hybridized carbons (Fsp3) is 0.500. The normalized spacial score (nSPS) is 15.5. The maximum atomic E-state index is 6.00. The van der Waals surface area contributed by atoms with Crippen molar-refractivity contribution in [2.45, 2.75) is 25.8 Å². The van der Waals surface area contributed by atoms with Crippen molar-refractivity contribution in [1.29, 1.82) is 0 Å². The molecule has 0 amide bonds. The maximum Gasteiger partial charge on any atom is 0.0978 e. The number of aryl methyl sites for hydroxylation is 1. The van der Waals surface area contributed by atoms with Crippen LogP contribution in [0.4, 0.5) is 0 Å². The molecule has 0 unspecified atom stereocenters. The van der Waals surface area contributed by atoms with Crippen LogP contribution in [0.3, 0.4) is 0 Å². The van der Waals surface area contributed by atoms with Gasteiger partial charge in [0.25, 0.3) is 0 Å². The lowest BCUT2D eigenvalue weighted by molar-refractivity contribution is 0.903. The van der Waals surface area contributed by atoms with Crippen LogP contribution in [0.2, 0.25) is 4.34 Å². The standard InChI is InChI=1S/C8H10ClNS/c9-8-6(4-10)5-2-1-3-7(5)11-8/h1-4,10H2. The molecule has 0 fully saturated rings. The van der Waals surface area contributed by atoms with Gasteiger partial charge in [-0.1, -0.05) is 11.6 Å². The van der Waals surface area contributed by atoms with E-state index in [-0.39, 0.29) is 0 Å². The van der Waals surface area contributed by atoms with Gasteiger partial charge in [0.1, 0.15) is 0 Å². The van der Waals surface area contributed by atoms with Gasteiger partial charge in [-0.05, 0) is 30.4 Å². The van der Waals surface area contributed by atoms with Gasteiger partial charge in [0, 0.05) is 11.4 Å². The van der Waals surface area contributed by atoms with E-state index in [1.807, 2.05) is 0 Å². The Hall–Kier alpha value is -0.0500. The highest BCUT2D eigenvalue weighted by molar-refractivity contribution is 7.16. The first-order chi connectivity index (χ1) is 5.33. The molecule has 0 aliphatic heterocycles. The summed E-state index contributed by atoms with van der Waals surface area (Å²) >= 11 is 7.72. The van der Waals surface area contributed by atoms with Gasteiger partial charge in [0.05, 0.1) is 4.34 Å². The average Bonchev–Trinajstić information content (AvgIpc) is 2.46. The molecule has 60 valence electrons. The van der Waals surface area contributed by atoms with Gasteiger partial charge in [-0.25, -0.2) is 0 Å². The number of hydrogen-bond acceptors (Lipinski definition) is 2. The minimum absolute atomic E-state index is 0.602. The summed E-state index contributed by atoms with van der Waals surface area (Å²) in [5.74, 6) is 0. The van der Waals surface area contributed by atoms with Gasteiger partial charge in [-0.15, -0.1) is 11.3 Å². The lowest BCUT2D eigenvalue weighted by Crippen LogP contribution is -1.97. The Bertz CT molecular complexity index is 280. The average molecular weight is 188 g/mol. The summed E-state index contributed by atoms with van der Waals surface area (Å²) in [6.45, 7) is 0.602. The molecule has 3 heteroatoms. The molecule has 1 nitrogen and oxygen atoms in total. The fourth-order valence-electron chi connectivity index (χ4n) is 1.64. The van der Waals surface area contributed by atoms with E-state index in [4.69, 9.17) is 17.3 Å². The summed E-state index contributed by atoms with van der Waals surface area (Å²) in [5.41, 5.74) is 8.24. The zero-order valence-electron chi connectivity index (χ0n) is 6.19. The van der Waals surface area contributed by atoms with Gasteiger partial charge in [-0.3, -0.25) is 0 Å². The molecule has 1 heterocycles. The molecule has 0 saturated carbocycles. The molecule has 0 aromatic carbocycles. The van der Waals surface area contributed by atoms with Crippen LogP contribution >= 0.6 is 22.9 Å². The van der Waals surface area contributed by atoms with Crippen molar-refractivity contribution in [2.24, 2.45) is 5.73 Å². The molecule has 1 aliphatic rings. The largest absolute Gasteiger partial charge is 0.326 e. The molecule has 0 radical (unpaired) electrons. The molecule has 11 heavy (non-hydrogen) atoms. The van der Waals surface area contributed by atoms with Crippen molar-refractivity contribution in [3.05, 3.63) is 20.3 Å². The third-order valence-electron chi connectivity index (χ3n) is 2.19. The maximum absolute atomic E-state index is 6.00. The first kappa shape index (κ1) is 7.59. The van der Waals surface area contributed by atoms with Crippen molar-refractivity contribution in [3.63, 3.8) is 0 Å². The van der Waals surface area contributed by atoms with Crippen molar-refractivity contribution in [2.75, 3.05) is 0 Å². The highest BCUT2D eigenvalue weighted by atomic mass is 35.5. The molecule has 0 saturated heterocycles. The molecular weight excluding hydrogens is 178 g/mol. The van der Waals surface area contributed by atoms with Crippen molar-refractivity contribution in [3.8, 4) is 0 Å². The molecule has 0 atom stereocenters. The molecule has 0 spiro atoms. The lowest BCUT2D eigenvalue weighted by atomic mass is 10.1. The second-order valence-corrected chi connectivity index (χ2v) is 4.52. The first-order valence-corrected chi connectivity index (χ1v) is 5.01. The monoisotopic (exact) mass is 187 g/mol. The Labute approximate surface area is 75.2 Å². The number of rotatable bonds is 1. The van der Waals surface area contributed by atoms with E-state index in [1.54, 1.807) is 11.3 Å². The van der Waals surface area contributed by atoms with E-state index in [2.05, 4.69) is 0 Å². The van der Waals surface area contributed by atoms with Crippen LogP contribution in [0, 0.1) is 0 Å². The molecule has 1 aromatic heterocycles. The molecule has 1 aromatic rings. The minimum atomic E-state index is 0.602. The van der Waals surface area contributed by atoms with Gasteiger partial charge in [-0.2, -0.15) is 0 Å². The zero-order chi connectivity index (χ0) is 7.84. The molecule has 2 N–H and O–H groups in total. The zero-order valence-corrected chi connectivity index (χ0v) is 7.76. The van der Waals surface area contributed by atoms with Crippen LogP contribution in [0.25, 0.3) is 0 Å². The Morgan fingerprint density at radius 2 is 2.27 bits per heavy atom. The SMILES string of the molecule is NCc1c(Cl)sc2c1CCC2. The van der Waals surface area contributed by atoms with E-state index < -0.39 is 0 Å². The smallest absolute Gasteiger partial charge is 0.0978 e. The van der Waals surface area contributed by atoms with E-state index in [9.17, 15) is 0 Å². The quantitative estimate of drug-likeness (QED) is 0.718. The van der Waals surface area contributed by atoms with Crippen LogP contribution < -0.4 is 5.73 Å². The van der Waals surface area contributed by atoms with Crippen LogP contribution in [-0.4, -0.2) is 0 Å². The van der Waals surface area contributed by atoms with E-state index >= 15 is 0 Å². The highest BCUT2D eigenvalue weighted by Crippen LogP contribution is 2.37. The van der Waals surface area contributed by atoms with Crippen LogP contribution in [0.15, 0.2) is 0 Å². The second kappa shape index (κ2) is 2.77. The Morgan fingerprint density at radius 3 is 3.00 bits per heavy atom. The van der Waals surface area contributed by atoms with Crippen LogP contribution in [-0.2, 0) is 19.4 Å².